The molecule has 0 aliphatic heterocycles. The summed E-state index contributed by atoms with van der Waals surface area (Å²) < 4.78 is 28.8. The van der Waals surface area contributed by atoms with Crippen molar-refractivity contribution in [3.8, 4) is 11.5 Å². The van der Waals surface area contributed by atoms with Crippen molar-refractivity contribution in [2.45, 2.75) is 51.6 Å². The first kappa shape index (κ1) is 26.4. The first-order chi connectivity index (χ1) is 18.3. The van der Waals surface area contributed by atoms with Crippen LogP contribution in [0.4, 0.5) is 21.6 Å². The summed E-state index contributed by atoms with van der Waals surface area (Å²) in [6, 6.07) is 9.93. The molecule has 2 aliphatic carbocycles. The Kier molecular flexibility index (Phi) is 7.56. The van der Waals surface area contributed by atoms with E-state index in [1.165, 1.54) is 18.2 Å². The smallest absolute Gasteiger partial charge is 0.259 e. The van der Waals surface area contributed by atoms with Crippen LogP contribution in [0.1, 0.15) is 53.2 Å². The molecule has 0 spiro atoms. The molecule has 0 radical (unpaired) electrons. The number of anilines is 3. The topological polar surface area (TPSA) is 96.4 Å². The predicted molar refractivity (Wildman–Crippen MR) is 150 cm³/mol. The molecule has 0 bridgehead atoms. The van der Waals surface area contributed by atoms with Crippen molar-refractivity contribution in [2.75, 3.05) is 17.1 Å². The summed E-state index contributed by atoms with van der Waals surface area (Å²) in [6.45, 7) is 3.43. The van der Waals surface area contributed by atoms with E-state index in [2.05, 4.69) is 20.1 Å². The van der Waals surface area contributed by atoms with Crippen LogP contribution < -0.4 is 30.4 Å². The van der Waals surface area contributed by atoms with Crippen molar-refractivity contribution < 1.29 is 13.9 Å². The van der Waals surface area contributed by atoms with Crippen LogP contribution >= 0.6 is 23.7 Å². The van der Waals surface area contributed by atoms with Gasteiger partial charge in [-0.3, -0.25) is 14.2 Å². The van der Waals surface area contributed by atoms with E-state index in [-0.39, 0.29) is 56.8 Å². The second kappa shape index (κ2) is 10.9. The lowest BCUT2D eigenvalue weighted by Gasteiger charge is -2.23. The fourth-order valence-electron chi connectivity index (χ4n) is 4.16. The van der Waals surface area contributed by atoms with Gasteiger partial charge in [0.2, 0.25) is 0 Å². The number of hydrogen-bond donors (Lipinski definition) is 4. The number of aromatic nitrogens is 1. The quantitative estimate of drug-likeness (QED) is 0.220. The molecule has 0 unspecified atom stereocenters. The highest BCUT2D eigenvalue weighted by molar-refractivity contribution is 7.98. The summed E-state index contributed by atoms with van der Waals surface area (Å²) in [7, 11) is 1.76. The zero-order valence-corrected chi connectivity index (χ0v) is 22.9. The van der Waals surface area contributed by atoms with E-state index >= 15 is 0 Å². The lowest BCUT2D eigenvalue weighted by molar-refractivity contribution is 0.0948. The molecule has 1 heterocycles. The molecular weight excluding hydrogens is 529 g/mol. The van der Waals surface area contributed by atoms with Gasteiger partial charge in [0, 0.05) is 24.2 Å². The van der Waals surface area contributed by atoms with Gasteiger partial charge in [0.15, 0.2) is 5.75 Å². The summed E-state index contributed by atoms with van der Waals surface area (Å²) in [4.78, 5) is 27.4. The molecule has 11 heteroatoms. The zero-order valence-electron chi connectivity index (χ0n) is 21.3. The third kappa shape index (κ3) is 5.48. The molecule has 8 nitrogen and oxygen atoms in total. The largest absolute Gasteiger partial charge is 0.454 e. The average Bonchev–Trinajstić information content (AvgIpc) is 3.81. The fraction of sp³-hybridized carbons (Fsp3) is 0.333. The summed E-state index contributed by atoms with van der Waals surface area (Å²) in [6.07, 6.45) is 3.33. The van der Waals surface area contributed by atoms with Crippen LogP contribution in [0.25, 0.3) is 0 Å². The van der Waals surface area contributed by atoms with Gasteiger partial charge in [-0.15, -0.1) is 0 Å². The molecule has 2 saturated carbocycles. The standard InChI is InChI=1S/C27H29ClFN5O3S/c1-14-7-12-19(18(29)13-14)32-25-22(26(35)31-16-8-9-16)24(15(2)27(36)34(25)17-10-11-17)37-21-6-4-5-20(23(21)28)33-38-30-3/h4-7,12-13,16-17,30,32-33H,8-11H2,1-3H3,(H,31,35). The highest BCUT2D eigenvalue weighted by atomic mass is 35.5. The van der Waals surface area contributed by atoms with Crippen LogP contribution in [-0.4, -0.2) is 23.6 Å². The van der Waals surface area contributed by atoms with Gasteiger partial charge in [-0.1, -0.05) is 23.7 Å². The summed E-state index contributed by atoms with van der Waals surface area (Å²) in [5, 5.41) is 6.37. The normalized spacial score (nSPS) is 14.8. The fourth-order valence-corrected chi connectivity index (χ4v) is 4.81. The Hall–Kier alpha value is -3.21. The van der Waals surface area contributed by atoms with Crippen LogP contribution in [0.3, 0.4) is 0 Å². The maximum atomic E-state index is 15.0. The number of carbonyl (C=O) groups is 1. The van der Waals surface area contributed by atoms with E-state index in [1.54, 1.807) is 55.8 Å². The van der Waals surface area contributed by atoms with Crippen LogP contribution in [0.15, 0.2) is 41.2 Å². The Morgan fingerprint density at radius 3 is 2.55 bits per heavy atom. The number of hydrogen-bond acceptors (Lipinski definition) is 7. The van der Waals surface area contributed by atoms with Crippen LogP contribution in [0.2, 0.25) is 5.02 Å². The highest BCUT2D eigenvalue weighted by Crippen LogP contribution is 2.43. The number of carbonyl (C=O) groups excluding carboxylic acids is 1. The zero-order chi connectivity index (χ0) is 27.0. The SMILES string of the molecule is CNSNc1cccc(Oc2c(C(=O)NC3CC3)c(Nc3ccc(C)cc3F)n(C3CC3)c(=O)c2C)c1Cl. The molecule has 38 heavy (non-hydrogen) atoms. The number of amides is 1. The van der Waals surface area contributed by atoms with Gasteiger partial charge in [-0.25, -0.2) is 9.11 Å². The molecule has 1 amide bonds. The number of rotatable bonds is 10. The van der Waals surface area contributed by atoms with Crippen molar-refractivity contribution in [2.24, 2.45) is 0 Å². The predicted octanol–water partition coefficient (Wildman–Crippen LogP) is 6.22. The number of ether oxygens (including phenoxy) is 1. The van der Waals surface area contributed by atoms with E-state index in [0.29, 0.717) is 5.69 Å². The second-order valence-electron chi connectivity index (χ2n) is 9.57. The van der Waals surface area contributed by atoms with Gasteiger partial charge >= 0.3 is 0 Å². The van der Waals surface area contributed by atoms with E-state index in [0.717, 1.165) is 31.2 Å². The Morgan fingerprint density at radius 1 is 1.13 bits per heavy atom. The monoisotopic (exact) mass is 557 g/mol. The lowest BCUT2D eigenvalue weighted by atomic mass is 10.1. The Balaban J connectivity index is 1.68. The molecule has 0 saturated heterocycles. The van der Waals surface area contributed by atoms with E-state index in [9.17, 15) is 14.0 Å². The van der Waals surface area contributed by atoms with Gasteiger partial charge in [-0.2, -0.15) is 0 Å². The molecule has 3 aromatic rings. The molecule has 4 N–H and O–H groups in total. The Bertz CT molecular complexity index is 1460. The molecule has 1 aromatic heterocycles. The third-order valence-electron chi connectivity index (χ3n) is 6.45. The summed E-state index contributed by atoms with van der Waals surface area (Å²) >= 11 is 7.86. The van der Waals surface area contributed by atoms with Crippen molar-refractivity contribution in [1.82, 2.24) is 14.6 Å². The van der Waals surface area contributed by atoms with Crippen molar-refractivity contribution in [1.29, 1.82) is 0 Å². The van der Waals surface area contributed by atoms with Gasteiger partial charge in [0.05, 0.1) is 16.9 Å². The molecule has 2 fully saturated rings. The molecular formula is C27H29ClFN5O3S. The van der Waals surface area contributed by atoms with Crippen LogP contribution in [-0.2, 0) is 0 Å². The van der Waals surface area contributed by atoms with Crippen molar-refractivity contribution in [3.63, 3.8) is 0 Å². The number of benzene rings is 2. The van der Waals surface area contributed by atoms with Crippen molar-refractivity contribution in [3.05, 3.63) is 74.3 Å². The number of nitrogens with one attached hydrogen (secondary N) is 4. The van der Waals surface area contributed by atoms with E-state index in [1.807, 2.05) is 0 Å². The van der Waals surface area contributed by atoms with Crippen molar-refractivity contribution >= 4 is 46.8 Å². The van der Waals surface area contributed by atoms with Crippen LogP contribution in [0.5, 0.6) is 11.5 Å². The number of nitrogens with zero attached hydrogens (tertiary/aromatic N) is 1. The third-order valence-corrected chi connectivity index (χ3v) is 7.37. The average molecular weight is 558 g/mol. The molecule has 5 rings (SSSR count). The number of aryl methyl sites for hydroxylation is 1. The molecule has 2 aliphatic rings. The highest BCUT2D eigenvalue weighted by Gasteiger charge is 2.35. The summed E-state index contributed by atoms with van der Waals surface area (Å²) in [5.74, 6) is -0.324. The minimum Gasteiger partial charge on any atom is -0.454 e. The first-order valence-corrected chi connectivity index (χ1v) is 13.7. The maximum absolute atomic E-state index is 15.0. The number of pyridine rings is 1. The first-order valence-electron chi connectivity index (χ1n) is 12.5. The minimum absolute atomic E-state index is 0.0515. The second-order valence-corrected chi connectivity index (χ2v) is 10.8. The van der Waals surface area contributed by atoms with Gasteiger partial charge < -0.3 is 20.1 Å². The van der Waals surface area contributed by atoms with Gasteiger partial charge in [0.25, 0.3) is 11.5 Å². The molecule has 0 atom stereocenters. The lowest BCUT2D eigenvalue weighted by Crippen LogP contribution is -2.32. The number of halogens is 2. The van der Waals surface area contributed by atoms with E-state index in [4.69, 9.17) is 16.3 Å². The Morgan fingerprint density at radius 2 is 1.89 bits per heavy atom. The molecule has 2 aromatic carbocycles. The van der Waals surface area contributed by atoms with Crippen LogP contribution in [0, 0.1) is 19.7 Å². The van der Waals surface area contributed by atoms with E-state index < -0.39 is 11.7 Å². The van der Waals surface area contributed by atoms with Gasteiger partial charge in [-0.05, 0) is 76.4 Å². The summed E-state index contributed by atoms with van der Waals surface area (Å²) in [5.41, 5.74) is 1.61. The molecule has 200 valence electrons. The van der Waals surface area contributed by atoms with Gasteiger partial charge in [0.1, 0.15) is 28.0 Å². The maximum Gasteiger partial charge on any atom is 0.259 e. The minimum atomic E-state index is -0.486. The Labute approximate surface area is 229 Å².